The van der Waals surface area contributed by atoms with Gasteiger partial charge in [-0.3, -0.25) is 4.79 Å². The van der Waals surface area contributed by atoms with E-state index in [0.29, 0.717) is 25.4 Å². The van der Waals surface area contributed by atoms with Crippen molar-refractivity contribution in [1.82, 2.24) is 15.3 Å². The Balaban J connectivity index is 0.00000220. The minimum absolute atomic E-state index is 0. The van der Waals surface area contributed by atoms with Crippen LogP contribution in [0, 0.1) is 6.92 Å². The van der Waals surface area contributed by atoms with E-state index < -0.39 is 0 Å². The molecule has 0 bridgehead atoms. The molecule has 2 heterocycles. The van der Waals surface area contributed by atoms with Crippen LogP contribution in [0.25, 0.3) is 0 Å². The lowest BCUT2D eigenvalue weighted by atomic mass is 9.93. The monoisotopic (exact) mass is 349 g/mol. The summed E-state index contributed by atoms with van der Waals surface area (Å²) in [5.41, 5.74) is 2.07. The normalized spacial score (nSPS) is 14.6. The fraction of sp³-hybridized carbons (Fsp3) is 0.667. The number of aryl methyl sites for hydroxylation is 2. The number of rotatable bonds is 5. The second-order valence-electron chi connectivity index (χ2n) is 5.16. The van der Waals surface area contributed by atoms with E-state index in [4.69, 9.17) is 4.74 Å². The lowest BCUT2D eigenvalue weighted by Crippen LogP contribution is -2.27. The highest BCUT2D eigenvalue weighted by atomic mass is 35.5. The summed E-state index contributed by atoms with van der Waals surface area (Å²) >= 11 is 0. The first kappa shape index (κ1) is 21.1. The van der Waals surface area contributed by atoms with Crippen LogP contribution < -0.4 is 5.32 Å². The third-order valence-electron chi connectivity index (χ3n) is 3.56. The molecular weight excluding hydrogens is 325 g/mol. The fourth-order valence-corrected chi connectivity index (χ4v) is 2.57. The topological polar surface area (TPSA) is 64.1 Å². The molecule has 0 unspecified atom stereocenters. The number of carbonyl (C=O) groups is 1. The summed E-state index contributed by atoms with van der Waals surface area (Å²) in [6.07, 6.45) is 3.25. The fourth-order valence-electron chi connectivity index (χ4n) is 2.57. The Kier molecular flexibility index (Phi) is 10.3. The van der Waals surface area contributed by atoms with Crippen molar-refractivity contribution in [2.45, 2.75) is 45.4 Å². The van der Waals surface area contributed by atoms with E-state index in [1.807, 2.05) is 13.8 Å². The van der Waals surface area contributed by atoms with Crippen LogP contribution >= 0.6 is 24.8 Å². The summed E-state index contributed by atoms with van der Waals surface area (Å²) in [5, 5.41) is 3.36. The highest BCUT2D eigenvalue weighted by molar-refractivity contribution is 5.85. The standard InChI is InChI=1S/C15H23N3O2.2ClH/c1-3-20-15(19)5-4-13-10-14(18-11(2)17-13)12-6-8-16-9-7-12;;/h10,12,16H,3-9H2,1-2H3;2*1H. The average molecular weight is 350 g/mol. The van der Waals surface area contributed by atoms with Gasteiger partial charge < -0.3 is 10.1 Å². The van der Waals surface area contributed by atoms with Crippen molar-refractivity contribution in [1.29, 1.82) is 0 Å². The van der Waals surface area contributed by atoms with Crippen molar-refractivity contribution in [2.24, 2.45) is 0 Å². The molecule has 0 radical (unpaired) electrons. The molecule has 0 amide bonds. The first-order chi connectivity index (χ1) is 9.69. The molecule has 1 aliphatic heterocycles. The Morgan fingerprint density at radius 3 is 2.64 bits per heavy atom. The summed E-state index contributed by atoms with van der Waals surface area (Å²) in [7, 11) is 0. The van der Waals surface area contributed by atoms with E-state index >= 15 is 0 Å². The minimum Gasteiger partial charge on any atom is -0.466 e. The van der Waals surface area contributed by atoms with E-state index in [0.717, 1.165) is 43.1 Å². The molecule has 0 atom stereocenters. The Morgan fingerprint density at radius 1 is 1.32 bits per heavy atom. The molecule has 5 nitrogen and oxygen atoms in total. The zero-order valence-electron chi connectivity index (χ0n) is 13.1. The number of aromatic nitrogens is 2. The summed E-state index contributed by atoms with van der Waals surface area (Å²) in [6.45, 7) is 6.26. The number of nitrogens with zero attached hydrogens (tertiary/aromatic N) is 2. The summed E-state index contributed by atoms with van der Waals surface area (Å²) in [5.74, 6) is 1.14. The highest BCUT2D eigenvalue weighted by Gasteiger charge is 2.18. The largest absolute Gasteiger partial charge is 0.466 e. The van der Waals surface area contributed by atoms with Gasteiger partial charge in [0.2, 0.25) is 0 Å². The van der Waals surface area contributed by atoms with E-state index in [1.165, 1.54) is 0 Å². The van der Waals surface area contributed by atoms with Crippen LogP contribution in [0.2, 0.25) is 0 Å². The number of esters is 1. The van der Waals surface area contributed by atoms with Gasteiger partial charge in [0.1, 0.15) is 5.82 Å². The van der Waals surface area contributed by atoms with Crippen molar-refractivity contribution in [3.8, 4) is 0 Å². The molecule has 0 aliphatic carbocycles. The van der Waals surface area contributed by atoms with Gasteiger partial charge in [-0.2, -0.15) is 0 Å². The van der Waals surface area contributed by atoms with Gasteiger partial charge >= 0.3 is 5.97 Å². The molecule has 126 valence electrons. The third kappa shape index (κ3) is 6.46. The van der Waals surface area contributed by atoms with Crippen molar-refractivity contribution in [3.63, 3.8) is 0 Å². The second kappa shape index (κ2) is 10.8. The molecule has 1 aliphatic rings. The number of hydrogen-bond acceptors (Lipinski definition) is 5. The van der Waals surface area contributed by atoms with Crippen molar-refractivity contribution >= 4 is 30.8 Å². The molecule has 0 aromatic carbocycles. The SMILES string of the molecule is CCOC(=O)CCc1cc(C2CCNCC2)nc(C)n1.Cl.Cl. The van der Waals surface area contributed by atoms with Gasteiger partial charge in [0.25, 0.3) is 0 Å². The maximum Gasteiger partial charge on any atom is 0.306 e. The zero-order valence-corrected chi connectivity index (χ0v) is 14.8. The average Bonchev–Trinajstić information content (AvgIpc) is 2.46. The number of nitrogens with one attached hydrogen (secondary N) is 1. The molecule has 0 spiro atoms. The smallest absolute Gasteiger partial charge is 0.306 e. The zero-order chi connectivity index (χ0) is 14.4. The molecule has 1 saturated heterocycles. The van der Waals surface area contributed by atoms with Crippen molar-refractivity contribution in [2.75, 3.05) is 19.7 Å². The molecule has 1 fully saturated rings. The van der Waals surface area contributed by atoms with E-state index in [-0.39, 0.29) is 30.8 Å². The van der Waals surface area contributed by atoms with Gasteiger partial charge in [0, 0.05) is 23.7 Å². The van der Waals surface area contributed by atoms with Crippen LogP contribution in [0.15, 0.2) is 6.07 Å². The first-order valence-electron chi connectivity index (χ1n) is 7.40. The van der Waals surface area contributed by atoms with E-state index in [9.17, 15) is 4.79 Å². The van der Waals surface area contributed by atoms with Crippen LogP contribution in [-0.4, -0.2) is 35.6 Å². The van der Waals surface area contributed by atoms with Gasteiger partial charge in [-0.1, -0.05) is 0 Å². The predicted octanol–water partition coefficient (Wildman–Crippen LogP) is 2.59. The summed E-state index contributed by atoms with van der Waals surface area (Å²) in [6, 6.07) is 2.06. The van der Waals surface area contributed by atoms with Crippen LogP contribution in [0.4, 0.5) is 0 Å². The lowest BCUT2D eigenvalue weighted by Gasteiger charge is -2.22. The minimum atomic E-state index is -0.160. The maximum absolute atomic E-state index is 11.4. The van der Waals surface area contributed by atoms with Crippen LogP contribution in [0.1, 0.15) is 49.3 Å². The molecule has 22 heavy (non-hydrogen) atoms. The molecule has 2 rings (SSSR count). The Bertz CT molecular complexity index is 466. The highest BCUT2D eigenvalue weighted by Crippen LogP contribution is 2.24. The van der Waals surface area contributed by atoms with Gasteiger partial charge in [-0.25, -0.2) is 9.97 Å². The van der Waals surface area contributed by atoms with Gasteiger partial charge in [0.05, 0.1) is 13.0 Å². The molecule has 1 aromatic rings. The first-order valence-corrected chi connectivity index (χ1v) is 7.40. The van der Waals surface area contributed by atoms with E-state index in [2.05, 4.69) is 21.4 Å². The molecule has 7 heteroatoms. The molecular formula is C15H25Cl2N3O2. The molecule has 1 N–H and O–H groups in total. The summed E-state index contributed by atoms with van der Waals surface area (Å²) < 4.78 is 4.95. The van der Waals surface area contributed by atoms with Crippen molar-refractivity contribution in [3.05, 3.63) is 23.3 Å². The number of carbonyl (C=O) groups excluding carboxylic acids is 1. The quantitative estimate of drug-likeness (QED) is 0.827. The number of hydrogen-bond donors (Lipinski definition) is 1. The Labute approximate surface area is 144 Å². The van der Waals surface area contributed by atoms with Crippen molar-refractivity contribution < 1.29 is 9.53 Å². The number of ether oxygens (including phenoxy) is 1. The second-order valence-corrected chi connectivity index (χ2v) is 5.16. The van der Waals surface area contributed by atoms with Crippen LogP contribution in [0.5, 0.6) is 0 Å². The number of halogens is 2. The van der Waals surface area contributed by atoms with Gasteiger partial charge in [-0.15, -0.1) is 24.8 Å². The molecule has 0 saturated carbocycles. The Hall–Kier alpha value is -0.910. The predicted molar refractivity (Wildman–Crippen MR) is 91.1 cm³/mol. The van der Waals surface area contributed by atoms with Crippen LogP contribution in [0.3, 0.4) is 0 Å². The molecule has 1 aromatic heterocycles. The van der Waals surface area contributed by atoms with Crippen LogP contribution in [-0.2, 0) is 16.0 Å². The number of piperidine rings is 1. The van der Waals surface area contributed by atoms with E-state index in [1.54, 1.807) is 0 Å². The third-order valence-corrected chi connectivity index (χ3v) is 3.56. The Morgan fingerprint density at radius 2 is 2.00 bits per heavy atom. The lowest BCUT2D eigenvalue weighted by molar-refractivity contribution is -0.143. The van der Waals surface area contributed by atoms with Gasteiger partial charge in [0.15, 0.2) is 0 Å². The maximum atomic E-state index is 11.4. The van der Waals surface area contributed by atoms with Gasteiger partial charge in [-0.05, 0) is 45.8 Å². The summed E-state index contributed by atoms with van der Waals surface area (Å²) in [4.78, 5) is 20.4.